The van der Waals surface area contributed by atoms with Crippen molar-refractivity contribution in [2.45, 2.75) is 65.2 Å². The van der Waals surface area contributed by atoms with Crippen molar-refractivity contribution < 1.29 is 9.53 Å². The van der Waals surface area contributed by atoms with Crippen molar-refractivity contribution in [1.82, 2.24) is 10.2 Å². The van der Waals surface area contributed by atoms with Gasteiger partial charge in [-0.15, -0.1) is 0 Å². The van der Waals surface area contributed by atoms with E-state index in [0.717, 1.165) is 38.3 Å². The maximum absolute atomic E-state index is 12.5. The number of amides is 1. The molecule has 1 aromatic carbocycles. The number of methoxy groups -OCH3 is 1. The molecule has 1 saturated heterocycles. The van der Waals surface area contributed by atoms with E-state index in [2.05, 4.69) is 59.0 Å². The summed E-state index contributed by atoms with van der Waals surface area (Å²) in [7, 11) is 1.76. The molecule has 4 heteroatoms. The Morgan fingerprint density at radius 3 is 1.96 bits per heavy atom. The predicted molar refractivity (Wildman–Crippen MR) is 108 cm³/mol. The minimum absolute atomic E-state index is 0.0100. The highest BCUT2D eigenvalue weighted by molar-refractivity contribution is 5.76. The van der Waals surface area contributed by atoms with Crippen molar-refractivity contribution >= 4 is 5.91 Å². The number of benzene rings is 1. The molecule has 1 fully saturated rings. The van der Waals surface area contributed by atoms with Crippen molar-refractivity contribution in [1.29, 1.82) is 0 Å². The number of ether oxygens (including phenoxy) is 1. The van der Waals surface area contributed by atoms with Crippen molar-refractivity contribution in [3.05, 3.63) is 28.8 Å². The van der Waals surface area contributed by atoms with Crippen molar-refractivity contribution in [3.63, 3.8) is 0 Å². The zero-order valence-electron chi connectivity index (χ0n) is 17.7. The molecule has 1 N–H and O–H groups in total. The minimum atomic E-state index is -0.0100. The maximum Gasteiger partial charge on any atom is 0.222 e. The standard InChI is InChI=1S/C22H36N2O2/c1-21(2,3)17-14-16(15-18(20(17)26-7)22(4,5)6)8-9-19(25)24-12-10-23-11-13-24/h14-15,23H,8-13H2,1-7H3. The lowest BCUT2D eigenvalue weighted by Crippen LogP contribution is -2.46. The van der Waals surface area contributed by atoms with Crippen LogP contribution in [0.4, 0.5) is 0 Å². The SMILES string of the molecule is COc1c(C(C)(C)C)cc(CCC(=O)N2CCNCC2)cc1C(C)(C)C. The largest absolute Gasteiger partial charge is 0.496 e. The van der Waals surface area contributed by atoms with Gasteiger partial charge >= 0.3 is 0 Å². The predicted octanol–water partition coefficient (Wildman–Crippen LogP) is 3.65. The highest BCUT2D eigenvalue weighted by Gasteiger charge is 2.27. The summed E-state index contributed by atoms with van der Waals surface area (Å²) < 4.78 is 5.82. The van der Waals surface area contributed by atoms with Crippen LogP contribution in [0, 0.1) is 0 Å². The molecule has 26 heavy (non-hydrogen) atoms. The molecular formula is C22H36N2O2. The van der Waals surface area contributed by atoms with Crippen LogP contribution in [0.1, 0.15) is 64.7 Å². The number of rotatable bonds is 4. The monoisotopic (exact) mass is 360 g/mol. The number of hydrogen-bond acceptors (Lipinski definition) is 3. The zero-order chi connectivity index (χ0) is 19.5. The van der Waals surface area contributed by atoms with E-state index < -0.39 is 0 Å². The highest BCUT2D eigenvalue weighted by Crippen LogP contribution is 2.40. The number of hydrogen-bond donors (Lipinski definition) is 1. The molecule has 0 bridgehead atoms. The molecule has 0 spiro atoms. The highest BCUT2D eigenvalue weighted by atomic mass is 16.5. The fourth-order valence-electron chi connectivity index (χ4n) is 3.49. The summed E-state index contributed by atoms with van der Waals surface area (Å²) in [6.07, 6.45) is 1.35. The second-order valence-corrected chi connectivity index (χ2v) is 9.35. The Balaban J connectivity index is 2.29. The first-order chi connectivity index (χ1) is 12.0. The zero-order valence-corrected chi connectivity index (χ0v) is 17.7. The number of nitrogens with zero attached hydrogens (tertiary/aromatic N) is 1. The Morgan fingerprint density at radius 1 is 1.04 bits per heavy atom. The lowest BCUT2D eigenvalue weighted by atomic mass is 9.78. The van der Waals surface area contributed by atoms with Gasteiger partial charge in [0.15, 0.2) is 0 Å². The quantitative estimate of drug-likeness (QED) is 0.891. The van der Waals surface area contributed by atoms with Crippen molar-refractivity contribution in [2.24, 2.45) is 0 Å². The van der Waals surface area contributed by atoms with Gasteiger partial charge in [-0.1, -0.05) is 53.7 Å². The van der Waals surface area contributed by atoms with Gasteiger partial charge in [0.2, 0.25) is 5.91 Å². The van der Waals surface area contributed by atoms with Crippen LogP contribution < -0.4 is 10.1 Å². The van der Waals surface area contributed by atoms with Crippen molar-refractivity contribution in [3.8, 4) is 5.75 Å². The van der Waals surface area contributed by atoms with E-state index in [4.69, 9.17) is 4.74 Å². The third-order valence-corrected chi connectivity index (χ3v) is 5.07. The van der Waals surface area contributed by atoms with E-state index >= 15 is 0 Å². The van der Waals surface area contributed by atoms with Gasteiger partial charge in [-0.05, 0) is 22.8 Å². The van der Waals surface area contributed by atoms with E-state index in [0.29, 0.717) is 6.42 Å². The van der Waals surface area contributed by atoms with Gasteiger partial charge in [0.25, 0.3) is 0 Å². The van der Waals surface area contributed by atoms with Crippen LogP contribution in [-0.4, -0.2) is 44.1 Å². The summed E-state index contributed by atoms with van der Waals surface area (Å²) in [6.45, 7) is 16.7. The van der Waals surface area contributed by atoms with Gasteiger partial charge in [0, 0.05) is 43.7 Å². The summed E-state index contributed by atoms with van der Waals surface area (Å²) in [5.74, 6) is 1.25. The first kappa shape index (κ1) is 20.8. The van der Waals surface area contributed by atoms with E-state index in [-0.39, 0.29) is 16.7 Å². The second kappa shape index (κ2) is 7.99. The van der Waals surface area contributed by atoms with Crippen LogP contribution in [0.15, 0.2) is 12.1 Å². The van der Waals surface area contributed by atoms with E-state index in [1.165, 1.54) is 16.7 Å². The molecule has 1 aliphatic rings. The Morgan fingerprint density at radius 2 is 1.54 bits per heavy atom. The number of carbonyl (C=O) groups is 1. The van der Waals surface area contributed by atoms with Gasteiger partial charge in [-0.2, -0.15) is 0 Å². The number of carbonyl (C=O) groups excluding carboxylic acids is 1. The Hall–Kier alpha value is -1.55. The summed E-state index contributed by atoms with van der Waals surface area (Å²) in [6, 6.07) is 4.47. The minimum Gasteiger partial charge on any atom is -0.496 e. The number of piperazine rings is 1. The van der Waals surface area contributed by atoms with Crippen LogP contribution in [-0.2, 0) is 22.0 Å². The second-order valence-electron chi connectivity index (χ2n) is 9.35. The molecule has 2 rings (SSSR count). The number of aryl methyl sites for hydroxylation is 1. The average Bonchev–Trinajstić information content (AvgIpc) is 2.58. The smallest absolute Gasteiger partial charge is 0.222 e. The normalized spacial score (nSPS) is 15.9. The molecule has 0 radical (unpaired) electrons. The molecule has 146 valence electrons. The molecule has 4 nitrogen and oxygen atoms in total. The molecule has 0 unspecified atom stereocenters. The average molecular weight is 361 g/mol. The summed E-state index contributed by atoms with van der Waals surface area (Å²) in [5, 5.41) is 3.30. The lowest BCUT2D eigenvalue weighted by Gasteiger charge is -2.30. The van der Waals surface area contributed by atoms with Crippen LogP contribution >= 0.6 is 0 Å². The Bertz CT molecular complexity index is 598. The van der Waals surface area contributed by atoms with Crippen molar-refractivity contribution in [2.75, 3.05) is 33.3 Å². The van der Waals surface area contributed by atoms with E-state index in [1.807, 2.05) is 4.90 Å². The Kier molecular flexibility index (Phi) is 6.38. The summed E-state index contributed by atoms with van der Waals surface area (Å²) >= 11 is 0. The third kappa shape index (κ3) is 5.00. The molecule has 1 aliphatic heterocycles. The topological polar surface area (TPSA) is 41.6 Å². The first-order valence-corrected chi connectivity index (χ1v) is 9.74. The van der Waals surface area contributed by atoms with Crippen LogP contribution in [0.2, 0.25) is 0 Å². The van der Waals surface area contributed by atoms with Crippen LogP contribution in [0.5, 0.6) is 5.75 Å². The molecule has 1 aromatic rings. The molecule has 0 aromatic heterocycles. The van der Waals surface area contributed by atoms with Gasteiger partial charge in [-0.25, -0.2) is 0 Å². The van der Waals surface area contributed by atoms with Crippen LogP contribution in [0.3, 0.4) is 0 Å². The van der Waals surface area contributed by atoms with E-state index in [9.17, 15) is 4.79 Å². The maximum atomic E-state index is 12.5. The van der Waals surface area contributed by atoms with Gasteiger partial charge < -0.3 is 15.0 Å². The first-order valence-electron chi connectivity index (χ1n) is 9.74. The fraction of sp³-hybridized carbons (Fsp3) is 0.682. The fourth-order valence-corrected chi connectivity index (χ4v) is 3.49. The van der Waals surface area contributed by atoms with Crippen LogP contribution in [0.25, 0.3) is 0 Å². The molecule has 0 atom stereocenters. The van der Waals surface area contributed by atoms with Gasteiger partial charge in [0.1, 0.15) is 5.75 Å². The summed E-state index contributed by atoms with van der Waals surface area (Å²) in [5.41, 5.74) is 3.64. The molecule has 0 aliphatic carbocycles. The van der Waals surface area contributed by atoms with Gasteiger partial charge in [-0.3, -0.25) is 4.79 Å². The molecular weight excluding hydrogens is 324 g/mol. The number of nitrogens with one attached hydrogen (secondary N) is 1. The Labute approximate surface area is 159 Å². The summed E-state index contributed by atoms with van der Waals surface area (Å²) in [4.78, 5) is 14.5. The third-order valence-electron chi connectivity index (χ3n) is 5.07. The molecule has 1 heterocycles. The van der Waals surface area contributed by atoms with Gasteiger partial charge in [0.05, 0.1) is 7.11 Å². The lowest BCUT2D eigenvalue weighted by molar-refractivity contribution is -0.131. The molecule has 0 saturated carbocycles. The van der Waals surface area contributed by atoms with E-state index in [1.54, 1.807) is 7.11 Å². The molecule has 1 amide bonds.